The second kappa shape index (κ2) is 6.88. The van der Waals surface area contributed by atoms with Gasteiger partial charge in [0.1, 0.15) is 11.6 Å². The molecule has 1 fully saturated rings. The fourth-order valence-corrected chi connectivity index (χ4v) is 2.56. The van der Waals surface area contributed by atoms with E-state index in [1.807, 2.05) is 13.0 Å². The summed E-state index contributed by atoms with van der Waals surface area (Å²) >= 11 is 0. The number of aromatic nitrogens is 2. The third-order valence-electron chi connectivity index (χ3n) is 3.76. The van der Waals surface area contributed by atoms with E-state index in [9.17, 15) is 0 Å². The quantitative estimate of drug-likeness (QED) is 0.893. The molecule has 0 spiro atoms. The Morgan fingerprint density at radius 3 is 2.65 bits per heavy atom. The Morgan fingerprint density at radius 1 is 1.35 bits per heavy atom. The average molecular weight is 278 g/mol. The molecule has 0 amide bonds. The second-order valence-electron chi connectivity index (χ2n) is 5.81. The molecule has 0 bridgehead atoms. The van der Waals surface area contributed by atoms with Crippen LogP contribution in [0.25, 0.3) is 0 Å². The number of hydrogen-bond donors (Lipinski definition) is 1. The van der Waals surface area contributed by atoms with Gasteiger partial charge in [-0.05, 0) is 32.2 Å². The Hall–Kier alpha value is -1.36. The number of rotatable bonds is 5. The fraction of sp³-hybridized carbons (Fsp3) is 0.733. The number of ether oxygens (including phenoxy) is 1. The molecule has 5 heteroatoms. The first kappa shape index (κ1) is 15.0. The standard InChI is InChI=1S/C15H26N4O/c1-11(2)16-10-13-5-7-19(8-6-13)14-9-15(20-4)18-12(3)17-14/h9,11,13,16H,5-8,10H2,1-4H3. The molecular formula is C15H26N4O. The van der Waals surface area contributed by atoms with Crippen LogP contribution in [0.1, 0.15) is 32.5 Å². The second-order valence-corrected chi connectivity index (χ2v) is 5.81. The first-order chi connectivity index (χ1) is 9.58. The summed E-state index contributed by atoms with van der Waals surface area (Å²) in [6.45, 7) is 9.55. The lowest BCUT2D eigenvalue weighted by Crippen LogP contribution is -2.39. The maximum atomic E-state index is 5.22. The number of piperidine rings is 1. The predicted molar refractivity (Wildman–Crippen MR) is 81.4 cm³/mol. The molecule has 1 aliphatic rings. The van der Waals surface area contributed by atoms with Gasteiger partial charge in [-0.1, -0.05) is 13.8 Å². The Kier molecular flexibility index (Phi) is 5.17. The summed E-state index contributed by atoms with van der Waals surface area (Å²) < 4.78 is 5.22. The molecule has 5 nitrogen and oxygen atoms in total. The van der Waals surface area contributed by atoms with Gasteiger partial charge in [-0.3, -0.25) is 0 Å². The summed E-state index contributed by atoms with van der Waals surface area (Å²) in [5.74, 6) is 3.18. The summed E-state index contributed by atoms with van der Waals surface area (Å²) in [6, 6.07) is 2.50. The molecule has 0 unspecified atom stereocenters. The fourth-order valence-electron chi connectivity index (χ4n) is 2.56. The van der Waals surface area contributed by atoms with E-state index >= 15 is 0 Å². The molecule has 2 heterocycles. The topological polar surface area (TPSA) is 50.3 Å². The SMILES string of the molecule is COc1cc(N2CCC(CNC(C)C)CC2)nc(C)n1. The summed E-state index contributed by atoms with van der Waals surface area (Å²) in [7, 11) is 1.65. The minimum absolute atomic E-state index is 0.571. The lowest BCUT2D eigenvalue weighted by atomic mass is 9.96. The van der Waals surface area contributed by atoms with Gasteiger partial charge < -0.3 is 15.0 Å². The van der Waals surface area contributed by atoms with Crippen molar-refractivity contribution in [3.05, 3.63) is 11.9 Å². The van der Waals surface area contributed by atoms with E-state index in [0.29, 0.717) is 11.9 Å². The Morgan fingerprint density at radius 2 is 2.05 bits per heavy atom. The molecule has 1 aliphatic heterocycles. The number of nitrogens with zero attached hydrogens (tertiary/aromatic N) is 3. The van der Waals surface area contributed by atoms with Gasteiger partial charge in [0.2, 0.25) is 5.88 Å². The van der Waals surface area contributed by atoms with Gasteiger partial charge >= 0.3 is 0 Å². The molecule has 0 aliphatic carbocycles. The number of anilines is 1. The van der Waals surface area contributed by atoms with E-state index in [1.54, 1.807) is 7.11 Å². The summed E-state index contributed by atoms with van der Waals surface area (Å²) in [5, 5.41) is 3.53. The normalized spacial score (nSPS) is 16.8. The van der Waals surface area contributed by atoms with Crippen molar-refractivity contribution in [2.45, 2.75) is 39.7 Å². The highest BCUT2D eigenvalue weighted by Crippen LogP contribution is 2.23. The van der Waals surface area contributed by atoms with Gasteiger partial charge in [0, 0.05) is 25.2 Å². The van der Waals surface area contributed by atoms with Crippen molar-refractivity contribution in [1.29, 1.82) is 0 Å². The van der Waals surface area contributed by atoms with Gasteiger partial charge in [-0.25, -0.2) is 4.98 Å². The predicted octanol–water partition coefficient (Wildman–Crippen LogP) is 2.01. The van der Waals surface area contributed by atoms with E-state index in [-0.39, 0.29) is 0 Å². The molecule has 0 atom stereocenters. The van der Waals surface area contributed by atoms with Crippen LogP contribution < -0.4 is 15.0 Å². The average Bonchev–Trinajstić information content (AvgIpc) is 2.45. The molecule has 1 aromatic heterocycles. The third kappa shape index (κ3) is 4.07. The van der Waals surface area contributed by atoms with Gasteiger partial charge in [0.25, 0.3) is 0 Å². The summed E-state index contributed by atoms with van der Waals surface area (Å²) in [4.78, 5) is 11.1. The van der Waals surface area contributed by atoms with Crippen LogP contribution in [-0.4, -0.2) is 42.8 Å². The minimum Gasteiger partial charge on any atom is -0.481 e. The van der Waals surface area contributed by atoms with Crippen molar-refractivity contribution in [1.82, 2.24) is 15.3 Å². The van der Waals surface area contributed by atoms with Crippen LogP contribution in [0.4, 0.5) is 5.82 Å². The van der Waals surface area contributed by atoms with Crippen LogP contribution >= 0.6 is 0 Å². The molecule has 0 saturated carbocycles. The van der Waals surface area contributed by atoms with Crippen LogP contribution in [0.15, 0.2) is 6.07 Å². The van der Waals surface area contributed by atoms with Crippen molar-refractivity contribution >= 4 is 5.82 Å². The smallest absolute Gasteiger partial charge is 0.218 e. The van der Waals surface area contributed by atoms with E-state index in [0.717, 1.165) is 37.2 Å². The number of hydrogen-bond acceptors (Lipinski definition) is 5. The van der Waals surface area contributed by atoms with Crippen LogP contribution in [0.3, 0.4) is 0 Å². The van der Waals surface area contributed by atoms with Crippen LogP contribution in [-0.2, 0) is 0 Å². The first-order valence-corrected chi connectivity index (χ1v) is 7.46. The number of methoxy groups -OCH3 is 1. The molecule has 2 rings (SSSR count). The highest BCUT2D eigenvalue weighted by molar-refractivity contribution is 5.42. The van der Waals surface area contributed by atoms with Crippen molar-refractivity contribution in [2.24, 2.45) is 5.92 Å². The molecule has 1 saturated heterocycles. The van der Waals surface area contributed by atoms with Gasteiger partial charge in [0.05, 0.1) is 7.11 Å². The minimum atomic E-state index is 0.571. The zero-order valence-electron chi connectivity index (χ0n) is 13.0. The largest absolute Gasteiger partial charge is 0.481 e. The monoisotopic (exact) mass is 278 g/mol. The molecule has 112 valence electrons. The zero-order valence-corrected chi connectivity index (χ0v) is 13.0. The number of nitrogens with one attached hydrogen (secondary N) is 1. The van der Waals surface area contributed by atoms with Gasteiger partial charge in [-0.2, -0.15) is 4.98 Å². The van der Waals surface area contributed by atoms with E-state index in [4.69, 9.17) is 4.74 Å². The molecule has 1 N–H and O–H groups in total. The highest BCUT2D eigenvalue weighted by atomic mass is 16.5. The Balaban J connectivity index is 1.91. The van der Waals surface area contributed by atoms with Crippen LogP contribution in [0.2, 0.25) is 0 Å². The van der Waals surface area contributed by atoms with E-state index in [2.05, 4.69) is 34.0 Å². The molecule has 0 radical (unpaired) electrons. The molecule has 20 heavy (non-hydrogen) atoms. The highest BCUT2D eigenvalue weighted by Gasteiger charge is 2.21. The first-order valence-electron chi connectivity index (χ1n) is 7.46. The maximum absolute atomic E-state index is 5.22. The van der Waals surface area contributed by atoms with Crippen molar-refractivity contribution in [3.8, 4) is 5.88 Å². The van der Waals surface area contributed by atoms with Crippen molar-refractivity contribution in [3.63, 3.8) is 0 Å². The summed E-state index contributed by atoms with van der Waals surface area (Å²) in [5.41, 5.74) is 0. The van der Waals surface area contributed by atoms with Crippen molar-refractivity contribution in [2.75, 3.05) is 31.6 Å². The van der Waals surface area contributed by atoms with Crippen LogP contribution in [0.5, 0.6) is 5.88 Å². The maximum Gasteiger partial charge on any atom is 0.218 e. The molecule has 0 aromatic carbocycles. The zero-order chi connectivity index (χ0) is 14.5. The van der Waals surface area contributed by atoms with Gasteiger partial charge in [-0.15, -0.1) is 0 Å². The third-order valence-corrected chi connectivity index (χ3v) is 3.76. The lowest BCUT2D eigenvalue weighted by molar-refractivity contribution is 0.368. The van der Waals surface area contributed by atoms with Crippen molar-refractivity contribution < 1.29 is 4.74 Å². The molecular weight excluding hydrogens is 252 g/mol. The summed E-state index contributed by atoms with van der Waals surface area (Å²) in [6.07, 6.45) is 2.43. The lowest BCUT2D eigenvalue weighted by Gasteiger charge is -2.33. The number of aryl methyl sites for hydroxylation is 1. The van der Waals surface area contributed by atoms with Gasteiger partial charge in [0.15, 0.2) is 0 Å². The molecule has 1 aromatic rings. The van der Waals surface area contributed by atoms with Crippen LogP contribution in [0, 0.1) is 12.8 Å². The Labute approximate surface area is 121 Å². The Bertz CT molecular complexity index is 428. The van der Waals surface area contributed by atoms with E-state index < -0.39 is 0 Å². The van der Waals surface area contributed by atoms with E-state index in [1.165, 1.54) is 12.8 Å².